The molecule has 2 heterocycles. The summed E-state index contributed by atoms with van der Waals surface area (Å²) in [5.74, 6) is -0.0603. The summed E-state index contributed by atoms with van der Waals surface area (Å²) in [7, 11) is 0. The standard InChI is InChI=1S/C17H13FN2O2/c1-2-17(21)20-10-11-6-7-14(19-9-11)16-8-12-13(18)4-3-5-15(12)22-16/h2-9H,1,10H2,(H,20,21). The predicted octanol–water partition coefficient (Wildman–Crippen LogP) is 3.44. The zero-order chi connectivity index (χ0) is 15.5. The molecular formula is C17H13FN2O2. The van der Waals surface area contributed by atoms with Crippen molar-refractivity contribution in [1.29, 1.82) is 0 Å². The second-order valence-corrected chi connectivity index (χ2v) is 4.74. The van der Waals surface area contributed by atoms with Crippen molar-refractivity contribution in [3.8, 4) is 11.5 Å². The van der Waals surface area contributed by atoms with Gasteiger partial charge in [-0.05, 0) is 35.9 Å². The number of fused-ring (bicyclic) bond motifs is 1. The Labute approximate surface area is 126 Å². The molecule has 1 amide bonds. The zero-order valence-corrected chi connectivity index (χ0v) is 11.7. The van der Waals surface area contributed by atoms with E-state index in [1.807, 2.05) is 6.07 Å². The molecule has 0 atom stereocenters. The number of pyridine rings is 1. The normalized spacial score (nSPS) is 10.6. The summed E-state index contributed by atoms with van der Waals surface area (Å²) in [5.41, 5.74) is 1.94. The van der Waals surface area contributed by atoms with Crippen LogP contribution in [0.5, 0.6) is 0 Å². The minimum Gasteiger partial charge on any atom is -0.454 e. The summed E-state index contributed by atoms with van der Waals surface area (Å²) >= 11 is 0. The molecule has 0 bridgehead atoms. The van der Waals surface area contributed by atoms with Gasteiger partial charge in [-0.3, -0.25) is 9.78 Å². The quantitative estimate of drug-likeness (QED) is 0.750. The van der Waals surface area contributed by atoms with Crippen molar-refractivity contribution in [2.45, 2.75) is 6.54 Å². The van der Waals surface area contributed by atoms with Gasteiger partial charge in [-0.15, -0.1) is 0 Å². The van der Waals surface area contributed by atoms with Crippen molar-refractivity contribution in [3.63, 3.8) is 0 Å². The summed E-state index contributed by atoms with van der Waals surface area (Å²) in [6.07, 6.45) is 2.85. The number of halogens is 1. The highest BCUT2D eigenvalue weighted by Gasteiger charge is 2.10. The Kier molecular flexibility index (Phi) is 3.70. The number of nitrogens with zero attached hydrogens (tertiary/aromatic N) is 1. The number of hydrogen-bond acceptors (Lipinski definition) is 3. The molecule has 3 aromatic rings. The molecule has 0 saturated heterocycles. The number of rotatable bonds is 4. The molecule has 1 N–H and O–H groups in total. The molecule has 4 nitrogen and oxygen atoms in total. The topological polar surface area (TPSA) is 55.1 Å². The van der Waals surface area contributed by atoms with Crippen LogP contribution in [0.3, 0.4) is 0 Å². The SMILES string of the molecule is C=CC(=O)NCc1ccc(-c2cc3c(F)cccc3o2)nc1. The third-order valence-electron chi connectivity index (χ3n) is 3.24. The Balaban J connectivity index is 1.83. The van der Waals surface area contributed by atoms with Crippen molar-refractivity contribution < 1.29 is 13.6 Å². The average Bonchev–Trinajstić information content (AvgIpc) is 2.98. The van der Waals surface area contributed by atoms with Crippen LogP contribution in [0.2, 0.25) is 0 Å². The number of hydrogen-bond donors (Lipinski definition) is 1. The largest absolute Gasteiger partial charge is 0.454 e. The number of furan rings is 1. The van der Waals surface area contributed by atoms with E-state index in [9.17, 15) is 9.18 Å². The molecule has 0 aliphatic heterocycles. The second kappa shape index (κ2) is 5.81. The van der Waals surface area contributed by atoms with E-state index < -0.39 is 0 Å². The lowest BCUT2D eigenvalue weighted by Crippen LogP contribution is -2.19. The van der Waals surface area contributed by atoms with Gasteiger partial charge in [-0.1, -0.05) is 18.7 Å². The summed E-state index contributed by atoms with van der Waals surface area (Å²) in [6, 6.07) is 9.93. The van der Waals surface area contributed by atoms with E-state index in [1.165, 1.54) is 12.1 Å². The summed E-state index contributed by atoms with van der Waals surface area (Å²) in [4.78, 5) is 15.4. The second-order valence-electron chi connectivity index (χ2n) is 4.74. The van der Waals surface area contributed by atoms with E-state index in [2.05, 4.69) is 16.9 Å². The van der Waals surface area contributed by atoms with E-state index in [0.29, 0.717) is 29.0 Å². The highest BCUT2D eigenvalue weighted by molar-refractivity contribution is 5.86. The van der Waals surface area contributed by atoms with E-state index in [1.54, 1.807) is 30.5 Å². The number of carbonyl (C=O) groups excluding carboxylic acids is 1. The van der Waals surface area contributed by atoms with Crippen LogP contribution in [-0.2, 0) is 11.3 Å². The monoisotopic (exact) mass is 296 g/mol. The highest BCUT2D eigenvalue weighted by Crippen LogP contribution is 2.28. The van der Waals surface area contributed by atoms with Crippen molar-refractivity contribution in [2.24, 2.45) is 0 Å². The fourth-order valence-electron chi connectivity index (χ4n) is 2.09. The average molecular weight is 296 g/mol. The van der Waals surface area contributed by atoms with Gasteiger partial charge in [0.1, 0.15) is 17.1 Å². The third kappa shape index (κ3) is 2.74. The molecule has 110 valence electrons. The van der Waals surface area contributed by atoms with Gasteiger partial charge in [0.2, 0.25) is 5.91 Å². The van der Waals surface area contributed by atoms with Crippen LogP contribution < -0.4 is 5.32 Å². The Morgan fingerprint density at radius 2 is 2.23 bits per heavy atom. The van der Waals surface area contributed by atoms with Crippen LogP contribution >= 0.6 is 0 Å². The number of benzene rings is 1. The molecule has 0 aliphatic carbocycles. The molecule has 0 aliphatic rings. The first kappa shape index (κ1) is 14.0. The Bertz CT molecular complexity index is 837. The molecule has 22 heavy (non-hydrogen) atoms. The van der Waals surface area contributed by atoms with Gasteiger partial charge < -0.3 is 9.73 Å². The molecule has 2 aromatic heterocycles. The lowest BCUT2D eigenvalue weighted by atomic mass is 10.2. The Morgan fingerprint density at radius 1 is 1.36 bits per heavy atom. The van der Waals surface area contributed by atoms with Crippen LogP contribution in [0, 0.1) is 5.82 Å². The van der Waals surface area contributed by atoms with Crippen LogP contribution in [0.1, 0.15) is 5.56 Å². The molecule has 3 rings (SSSR count). The van der Waals surface area contributed by atoms with Crippen LogP contribution in [-0.4, -0.2) is 10.9 Å². The molecule has 0 unspecified atom stereocenters. The van der Waals surface area contributed by atoms with Crippen molar-refractivity contribution in [3.05, 3.63) is 66.6 Å². The van der Waals surface area contributed by atoms with Gasteiger partial charge in [0.25, 0.3) is 0 Å². The fraction of sp³-hybridized carbons (Fsp3) is 0.0588. The number of amides is 1. The minimum absolute atomic E-state index is 0.239. The van der Waals surface area contributed by atoms with Crippen molar-refractivity contribution in [2.75, 3.05) is 0 Å². The maximum Gasteiger partial charge on any atom is 0.243 e. The summed E-state index contributed by atoms with van der Waals surface area (Å²) < 4.78 is 19.3. The third-order valence-corrected chi connectivity index (χ3v) is 3.24. The maximum absolute atomic E-state index is 13.7. The number of aromatic nitrogens is 1. The lowest BCUT2D eigenvalue weighted by Gasteiger charge is -2.02. The van der Waals surface area contributed by atoms with Crippen LogP contribution in [0.4, 0.5) is 4.39 Å². The van der Waals surface area contributed by atoms with Gasteiger partial charge in [0, 0.05) is 12.7 Å². The first-order valence-electron chi connectivity index (χ1n) is 6.71. The van der Waals surface area contributed by atoms with Gasteiger partial charge in [0.15, 0.2) is 5.76 Å². The lowest BCUT2D eigenvalue weighted by molar-refractivity contribution is -0.116. The fourth-order valence-corrected chi connectivity index (χ4v) is 2.09. The van der Waals surface area contributed by atoms with E-state index in [0.717, 1.165) is 5.56 Å². The molecule has 5 heteroatoms. The Hall–Kier alpha value is -2.95. The number of carbonyl (C=O) groups is 1. The van der Waals surface area contributed by atoms with Gasteiger partial charge >= 0.3 is 0 Å². The van der Waals surface area contributed by atoms with E-state index in [4.69, 9.17) is 4.42 Å². The highest BCUT2D eigenvalue weighted by atomic mass is 19.1. The predicted molar refractivity (Wildman–Crippen MR) is 81.4 cm³/mol. The molecule has 1 aromatic carbocycles. The van der Waals surface area contributed by atoms with E-state index in [-0.39, 0.29) is 11.7 Å². The molecular weight excluding hydrogens is 283 g/mol. The van der Waals surface area contributed by atoms with Crippen molar-refractivity contribution >= 4 is 16.9 Å². The zero-order valence-electron chi connectivity index (χ0n) is 11.7. The first-order chi connectivity index (χ1) is 10.7. The Morgan fingerprint density at radius 3 is 2.91 bits per heavy atom. The van der Waals surface area contributed by atoms with Crippen LogP contribution in [0.15, 0.2) is 59.7 Å². The summed E-state index contributed by atoms with van der Waals surface area (Å²) in [6.45, 7) is 3.75. The molecule has 0 spiro atoms. The minimum atomic E-state index is -0.323. The summed E-state index contributed by atoms with van der Waals surface area (Å²) in [5, 5.41) is 3.10. The molecule has 0 radical (unpaired) electrons. The molecule has 0 saturated carbocycles. The van der Waals surface area contributed by atoms with E-state index >= 15 is 0 Å². The van der Waals surface area contributed by atoms with Gasteiger partial charge in [-0.2, -0.15) is 0 Å². The van der Waals surface area contributed by atoms with Gasteiger partial charge in [0.05, 0.1) is 5.39 Å². The van der Waals surface area contributed by atoms with Gasteiger partial charge in [-0.25, -0.2) is 4.39 Å². The number of nitrogens with one attached hydrogen (secondary N) is 1. The van der Waals surface area contributed by atoms with Crippen molar-refractivity contribution in [1.82, 2.24) is 10.3 Å². The maximum atomic E-state index is 13.7. The first-order valence-corrected chi connectivity index (χ1v) is 6.71. The smallest absolute Gasteiger partial charge is 0.243 e. The van der Waals surface area contributed by atoms with Crippen LogP contribution in [0.25, 0.3) is 22.4 Å². The molecule has 0 fully saturated rings.